The van der Waals surface area contributed by atoms with Crippen LogP contribution in [0.1, 0.15) is 45.9 Å². The second-order valence-electron chi connectivity index (χ2n) is 6.25. The zero-order chi connectivity index (χ0) is 16.1. The molecule has 23 heavy (non-hydrogen) atoms. The number of carbonyl (C=O) groups is 1. The van der Waals surface area contributed by atoms with Crippen LogP contribution in [0.2, 0.25) is 0 Å². The van der Waals surface area contributed by atoms with E-state index < -0.39 is 0 Å². The van der Waals surface area contributed by atoms with E-state index >= 15 is 0 Å². The van der Waals surface area contributed by atoms with Gasteiger partial charge in [-0.15, -0.1) is 0 Å². The standard InChI is InChI=1S/C21H23NO/c1-17-7-10-20(11-8-17)21(22-13-2-3-14-22)12-9-18-5-4-6-19(15-18)16-23/h4-12,15-16,21H,2-3,13-14H2,1H3/b12-9+. The summed E-state index contributed by atoms with van der Waals surface area (Å²) in [4.78, 5) is 13.5. The van der Waals surface area contributed by atoms with Gasteiger partial charge >= 0.3 is 0 Å². The topological polar surface area (TPSA) is 20.3 Å². The second-order valence-corrected chi connectivity index (χ2v) is 6.25. The molecular weight excluding hydrogens is 282 g/mol. The van der Waals surface area contributed by atoms with E-state index in [1.807, 2.05) is 24.3 Å². The molecule has 1 aliphatic rings. The van der Waals surface area contributed by atoms with E-state index in [-0.39, 0.29) is 0 Å². The van der Waals surface area contributed by atoms with Crippen LogP contribution in [0.3, 0.4) is 0 Å². The molecule has 1 saturated heterocycles. The molecule has 1 heterocycles. The average molecular weight is 305 g/mol. The number of likely N-dealkylation sites (tertiary alicyclic amines) is 1. The fourth-order valence-electron chi connectivity index (χ4n) is 3.17. The molecule has 0 spiro atoms. The van der Waals surface area contributed by atoms with E-state index in [9.17, 15) is 4.79 Å². The fraction of sp³-hybridized carbons (Fsp3) is 0.286. The van der Waals surface area contributed by atoms with E-state index in [0.29, 0.717) is 6.04 Å². The van der Waals surface area contributed by atoms with Crippen molar-refractivity contribution < 1.29 is 4.79 Å². The molecule has 1 fully saturated rings. The molecule has 1 unspecified atom stereocenters. The third kappa shape index (κ3) is 3.96. The molecule has 2 aromatic rings. The van der Waals surface area contributed by atoms with Crippen molar-refractivity contribution in [2.24, 2.45) is 0 Å². The Morgan fingerprint density at radius 1 is 1.00 bits per heavy atom. The molecule has 0 aromatic heterocycles. The summed E-state index contributed by atoms with van der Waals surface area (Å²) >= 11 is 0. The van der Waals surface area contributed by atoms with Crippen molar-refractivity contribution in [2.75, 3.05) is 13.1 Å². The Hall–Kier alpha value is -2.19. The van der Waals surface area contributed by atoms with Crippen molar-refractivity contribution in [1.29, 1.82) is 0 Å². The van der Waals surface area contributed by atoms with Crippen LogP contribution in [0.4, 0.5) is 0 Å². The first-order chi connectivity index (χ1) is 11.3. The highest BCUT2D eigenvalue weighted by Gasteiger charge is 2.21. The van der Waals surface area contributed by atoms with Crippen molar-refractivity contribution in [1.82, 2.24) is 4.90 Å². The molecule has 0 amide bonds. The molecule has 2 heteroatoms. The predicted octanol–water partition coefficient (Wildman–Crippen LogP) is 4.66. The summed E-state index contributed by atoms with van der Waals surface area (Å²) in [5, 5.41) is 0. The van der Waals surface area contributed by atoms with Gasteiger partial charge in [0.25, 0.3) is 0 Å². The molecule has 118 valence electrons. The summed E-state index contributed by atoms with van der Waals surface area (Å²) < 4.78 is 0. The first-order valence-corrected chi connectivity index (χ1v) is 8.30. The zero-order valence-electron chi connectivity index (χ0n) is 13.6. The first kappa shape index (κ1) is 15.7. The van der Waals surface area contributed by atoms with Crippen LogP contribution in [0.5, 0.6) is 0 Å². The van der Waals surface area contributed by atoms with Crippen LogP contribution >= 0.6 is 0 Å². The summed E-state index contributed by atoms with van der Waals surface area (Å²) in [6.07, 6.45) is 7.85. The molecule has 0 N–H and O–H groups in total. The van der Waals surface area contributed by atoms with Crippen LogP contribution in [0.25, 0.3) is 6.08 Å². The number of rotatable bonds is 5. The van der Waals surface area contributed by atoms with Gasteiger partial charge in [0, 0.05) is 5.56 Å². The predicted molar refractivity (Wildman–Crippen MR) is 95.6 cm³/mol. The van der Waals surface area contributed by atoms with Crippen molar-refractivity contribution >= 4 is 12.4 Å². The Balaban J connectivity index is 1.86. The maximum Gasteiger partial charge on any atom is 0.150 e. The lowest BCUT2D eigenvalue weighted by atomic mass is 10.0. The summed E-state index contributed by atoms with van der Waals surface area (Å²) in [5.41, 5.74) is 4.42. The van der Waals surface area contributed by atoms with Crippen LogP contribution in [0.15, 0.2) is 54.6 Å². The van der Waals surface area contributed by atoms with E-state index in [2.05, 4.69) is 48.2 Å². The Morgan fingerprint density at radius 2 is 1.70 bits per heavy atom. The monoisotopic (exact) mass is 305 g/mol. The highest BCUT2D eigenvalue weighted by Crippen LogP contribution is 2.27. The molecule has 3 rings (SSSR count). The van der Waals surface area contributed by atoms with Gasteiger partial charge in [0.15, 0.2) is 0 Å². The summed E-state index contributed by atoms with van der Waals surface area (Å²) in [6.45, 7) is 4.42. The minimum absolute atomic E-state index is 0.304. The Labute approximate surface area is 138 Å². The smallest absolute Gasteiger partial charge is 0.150 e. The maximum atomic E-state index is 10.9. The summed E-state index contributed by atoms with van der Waals surface area (Å²) in [6, 6.07) is 16.9. The Kier molecular flexibility index (Phi) is 5.04. The van der Waals surface area contributed by atoms with E-state index in [1.165, 1.54) is 24.0 Å². The van der Waals surface area contributed by atoms with E-state index in [1.54, 1.807) is 0 Å². The number of hydrogen-bond acceptors (Lipinski definition) is 2. The first-order valence-electron chi connectivity index (χ1n) is 8.30. The van der Waals surface area contributed by atoms with Gasteiger partial charge in [-0.2, -0.15) is 0 Å². The molecule has 0 bridgehead atoms. The van der Waals surface area contributed by atoms with Gasteiger partial charge in [-0.05, 0) is 50.0 Å². The zero-order valence-corrected chi connectivity index (χ0v) is 13.6. The van der Waals surface area contributed by atoms with Crippen molar-refractivity contribution in [2.45, 2.75) is 25.8 Å². The largest absolute Gasteiger partial charge is 0.298 e. The second kappa shape index (κ2) is 7.38. The van der Waals surface area contributed by atoms with Gasteiger partial charge < -0.3 is 0 Å². The van der Waals surface area contributed by atoms with Gasteiger partial charge in [0.2, 0.25) is 0 Å². The third-order valence-corrected chi connectivity index (χ3v) is 4.47. The van der Waals surface area contributed by atoms with Gasteiger partial charge in [-0.3, -0.25) is 9.69 Å². The number of benzene rings is 2. The highest BCUT2D eigenvalue weighted by molar-refractivity contribution is 5.76. The highest BCUT2D eigenvalue weighted by atomic mass is 16.1. The van der Waals surface area contributed by atoms with Gasteiger partial charge in [0.1, 0.15) is 6.29 Å². The number of carbonyl (C=O) groups excluding carboxylic acids is 1. The number of hydrogen-bond donors (Lipinski definition) is 0. The summed E-state index contributed by atoms with van der Waals surface area (Å²) in [7, 11) is 0. The van der Waals surface area contributed by atoms with Crippen LogP contribution < -0.4 is 0 Å². The van der Waals surface area contributed by atoms with Crippen molar-refractivity contribution in [3.05, 3.63) is 76.9 Å². The number of aryl methyl sites for hydroxylation is 1. The molecular formula is C21H23NO. The van der Waals surface area contributed by atoms with Gasteiger partial charge in [-0.1, -0.05) is 60.2 Å². The number of aldehydes is 1. The normalized spacial score (nSPS) is 16.7. The van der Waals surface area contributed by atoms with Crippen LogP contribution in [0, 0.1) is 6.92 Å². The lowest BCUT2D eigenvalue weighted by molar-refractivity contribution is 0.112. The van der Waals surface area contributed by atoms with E-state index in [0.717, 1.165) is 30.5 Å². The number of nitrogens with zero attached hydrogens (tertiary/aromatic N) is 1. The molecule has 0 radical (unpaired) electrons. The maximum absolute atomic E-state index is 10.9. The molecule has 0 saturated carbocycles. The molecule has 1 atom stereocenters. The van der Waals surface area contributed by atoms with Gasteiger partial charge in [0.05, 0.1) is 6.04 Å². The minimum Gasteiger partial charge on any atom is -0.298 e. The lowest BCUT2D eigenvalue weighted by Gasteiger charge is -2.25. The van der Waals surface area contributed by atoms with E-state index in [4.69, 9.17) is 0 Å². The Morgan fingerprint density at radius 3 is 2.39 bits per heavy atom. The molecule has 2 nitrogen and oxygen atoms in total. The molecule has 1 aliphatic heterocycles. The quantitative estimate of drug-likeness (QED) is 0.749. The summed E-state index contributed by atoms with van der Waals surface area (Å²) in [5.74, 6) is 0. The van der Waals surface area contributed by atoms with Crippen molar-refractivity contribution in [3.63, 3.8) is 0 Å². The Bertz CT molecular complexity index is 681. The molecule has 2 aromatic carbocycles. The third-order valence-electron chi connectivity index (χ3n) is 4.47. The van der Waals surface area contributed by atoms with Crippen LogP contribution in [-0.2, 0) is 0 Å². The average Bonchev–Trinajstić information content (AvgIpc) is 3.11. The SMILES string of the molecule is Cc1ccc(C(/C=C/c2cccc(C=O)c2)N2CCCC2)cc1. The minimum atomic E-state index is 0.304. The molecule has 0 aliphatic carbocycles. The van der Waals surface area contributed by atoms with Gasteiger partial charge in [-0.25, -0.2) is 0 Å². The fourth-order valence-corrected chi connectivity index (χ4v) is 3.17. The van der Waals surface area contributed by atoms with Crippen LogP contribution in [-0.4, -0.2) is 24.3 Å². The van der Waals surface area contributed by atoms with Crippen molar-refractivity contribution in [3.8, 4) is 0 Å². The lowest BCUT2D eigenvalue weighted by Crippen LogP contribution is -2.24.